The summed E-state index contributed by atoms with van der Waals surface area (Å²) in [6.45, 7) is 6.72. The summed E-state index contributed by atoms with van der Waals surface area (Å²) in [5.74, 6) is -0.414. The molecule has 1 unspecified atom stereocenters. The number of nitrogens with one attached hydrogen (secondary N) is 1. The topological polar surface area (TPSA) is 96.0 Å². The van der Waals surface area contributed by atoms with Crippen molar-refractivity contribution in [3.05, 3.63) is 87.9 Å². The van der Waals surface area contributed by atoms with E-state index in [2.05, 4.69) is 21.2 Å². The van der Waals surface area contributed by atoms with Gasteiger partial charge in [0, 0.05) is 21.6 Å². The molecule has 0 radical (unpaired) electrons. The fraction of sp³-hybridized carbons (Fsp3) is 0.310. The largest absolute Gasteiger partial charge is 0.497 e. The summed E-state index contributed by atoms with van der Waals surface area (Å²) in [5.41, 5.74) is 0.500. The van der Waals surface area contributed by atoms with E-state index in [-0.39, 0.29) is 23.0 Å². The van der Waals surface area contributed by atoms with Crippen LogP contribution in [0, 0.1) is 0 Å². The lowest BCUT2D eigenvalue weighted by Crippen LogP contribution is -2.54. The molecule has 0 aliphatic heterocycles. The first kappa shape index (κ1) is 31.4. The monoisotopic (exact) mass is 649 g/mol. The van der Waals surface area contributed by atoms with Crippen molar-refractivity contribution in [3.63, 3.8) is 0 Å². The van der Waals surface area contributed by atoms with Crippen LogP contribution in [0.5, 0.6) is 5.75 Å². The summed E-state index contributed by atoms with van der Waals surface area (Å²) >= 11 is 9.51. The van der Waals surface area contributed by atoms with Crippen molar-refractivity contribution in [2.75, 3.05) is 18.0 Å². The molecule has 0 heterocycles. The van der Waals surface area contributed by atoms with E-state index >= 15 is 0 Å². The van der Waals surface area contributed by atoms with Crippen LogP contribution < -0.4 is 14.4 Å². The first-order valence-electron chi connectivity index (χ1n) is 12.5. The molecule has 11 heteroatoms. The van der Waals surface area contributed by atoms with Gasteiger partial charge in [0.25, 0.3) is 10.0 Å². The van der Waals surface area contributed by atoms with Crippen molar-refractivity contribution in [1.29, 1.82) is 0 Å². The Morgan fingerprint density at radius 2 is 1.65 bits per heavy atom. The molecule has 1 atom stereocenters. The number of anilines is 1. The smallest absolute Gasteiger partial charge is 0.264 e. The molecule has 0 aliphatic rings. The number of hydrogen-bond donors (Lipinski definition) is 1. The van der Waals surface area contributed by atoms with E-state index < -0.39 is 34.1 Å². The van der Waals surface area contributed by atoms with Crippen LogP contribution in [0.2, 0.25) is 5.02 Å². The van der Waals surface area contributed by atoms with Gasteiger partial charge in [0.05, 0.1) is 17.7 Å². The molecule has 0 aromatic heterocycles. The van der Waals surface area contributed by atoms with Crippen LogP contribution >= 0.6 is 27.5 Å². The predicted octanol–water partition coefficient (Wildman–Crippen LogP) is 5.64. The molecule has 3 rings (SSSR count). The van der Waals surface area contributed by atoms with Gasteiger partial charge in [-0.25, -0.2) is 8.42 Å². The van der Waals surface area contributed by atoms with E-state index in [1.165, 1.54) is 48.4 Å². The van der Waals surface area contributed by atoms with Gasteiger partial charge in [0.15, 0.2) is 0 Å². The number of halogens is 2. The van der Waals surface area contributed by atoms with E-state index in [1.54, 1.807) is 19.1 Å². The van der Waals surface area contributed by atoms with Gasteiger partial charge < -0.3 is 15.0 Å². The van der Waals surface area contributed by atoms with Crippen LogP contribution in [0.3, 0.4) is 0 Å². The Hall–Kier alpha value is -3.08. The van der Waals surface area contributed by atoms with E-state index in [1.807, 2.05) is 45.0 Å². The van der Waals surface area contributed by atoms with Gasteiger partial charge in [0.1, 0.15) is 18.3 Å². The van der Waals surface area contributed by atoms with Crippen LogP contribution in [-0.2, 0) is 26.2 Å². The van der Waals surface area contributed by atoms with E-state index in [0.29, 0.717) is 10.8 Å². The van der Waals surface area contributed by atoms with Crippen LogP contribution in [0.15, 0.2) is 82.2 Å². The van der Waals surface area contributed by atoms with Gasteiger partial charge in [0.2, 0.25) is 11.8 Å². The highest BCUT2D eigenvalue weighted by molar-refractivity contribution is 9.10. The molecular weight excluding hydrogens is 618 g/mol. The third-order valence-corrected chi connectivity index (χ3v) is 8.48. The van der Waals surface area contributed by atoms with Crippen molar-refractivity contribution in [2.45, 2.75) is 50.7 Å². The molecule has 2 amide bonds. The zero-order valence-corrected chi connectivity index (χ0v) is 26.2. The van der Waals surface area contributed by atoms with Crippen molar-refractivity contribution < 1.29 is 22.7 Å². The molecule has 0 aliphatic carbocycles. The normalized spacial score (nSPS) is 12.4. The van der Waals surface area contributed by atoms with E-state index in [9.17, 15) is 18.0 Å². The summed E-state index contributed by atoms with van der Waals surface area (Å²) in [6.07, 6.45) is 0. The summed E-state index contributed by atoms with van der Waals surface area (Å²) in [7, 11) is -2.71. The second kappa shape index (κ2) is 13.1. The highest BCUT2D eigenvalue weighted by Crippen LogP contribution is 2.27. The molecule has 8 nitrogen and oxygen atoms in total. The van der Waals surface area contributed by atoms with Gasteiger partial charge in [-0.15, -0.1) is 0 Å². The third kappa shape index (κ3) is 8.22. The predicted molar refractivity (Wildman–Crippen MR) is 161 cm³/mol. The minimum atomic E-state index is -4.20. The maximum atomic E-state index is 14.0. The number of amides is 2. The lowest BCUT2D eigenvalue weighted by Gasteiger charge is -2.33. The quantitative estimate of drug-likeness (QED) is 0.307. The Labute approximate surface area is 249 Å². The molecule has 40 heavy (non-hydrogen) atoms. The molecule has 0 saturated carbocycles. The highest BCUT2D eigenvalue weighted by atomic mass is 79.9. The number of benzene rings is 3. The summed E-state index contributed by atoms with van der Waals surface area (Å²) < 4.78 is 34.7. The molecule has 0 spiro atoms. The summed E-state index contributed by atoms with van der Waals surface area (Å²) in [6, 6.07) is 18.6. The number of sulfonamides is 1. The number of ether oxygens (including phenoxy) is 1. The molecule has 214 valence electrons. The van der Waals surface area contributed by atoms with Gasteiger partial charge in [-0.2, -0.15) is 0 Å². The lowest BCUT2D eigenvalue weighted by atomic mass is 10.1. The number of methoxy groups -OCH3 is 1. The van der Waals surface area contributed by atoms with Gasteiger partial charge in [-0.1, -0.05) is 39.7 Å². The Morgan fingerprint density at radius 3 is 2.20 bits per heavy atom. The van der Waals surface area contributed by atoms with Crippen molar-refractivity contribution in [1.82, 2.24) is 10.2 Å². The maximum absolute atomic E-state index is 14.0. The van der Waals surface area contributed by atoms with Crippen LogP contribution in [0.25, 0.3) is 0 Å². The molecule has 0 saturated heterocycles. The molecular formula is C29H33BrClN3O5S. The second-order valence-corrected chi connectivity index (χ2v) is 13.4. The summed E-state index contributed by atoms with van der Waals surface area (Å²) in [5, 5.41) is 3.33. The average Bonchev–Trinajstić information content (AvgIpc) is 2.89. The second-order valence-electron chi connectivity index (χ2n) is 10.2. The van der Waals surface area contributed by atoms with E-state index in [4.69, 9.17) is 16.3 Å². The Balaban J connectivity index is 2.03. The van der Waals surface area contributed by atoms with Gasteiger partial charge >= 0.3 is 0 Å². The Bertz CT molecular complexity index is 1440. The van der Waals surface area contributed by atoms with E-state index in [0.717, 1.165) is 14.3 Å². The fourth-order valence-corrected chi connectivity index (χ4v) is 5.89. The first-order valence-corrected chi connectivity index (χ1v) is 15.1. The van der Waals surface area contributed by atoms with Crippen LogP contribution in [0.4, 0.5) is 5.69 Å². The Kier molecular flexibility index (Phi) is 10.3. The highest BCUT2D eigenvalue weighted by Gasteiger charge is 2.33. The standard InChI is InChI=1S/C29H33BrClN3O5S/c1-20(28(36)32-29(2,3)4)33(18-21-7-6-8-22(30)17-21)27(35)19-34(24-11-9-23(31)10-12-24)40(37,38)26-15-13-25(39-5)14-16-26/h6-17,20H,18-19H2,1-5H3,(H,32,36). The van der Waals surface area contributed by atoms with Gasteiger partial charge in [-0.3, -0.25) is 13.9 Å². The average molecular weight is 651 g/mol. The van der Waals surface area contributed by atoms with Crippen molar-refractivity contribution in [3.8, 4) is 5.75 Å². The zero-order valence-electron chi connectivity index (χ0n) is 23.0. The SMILES string of the molecule is COc1ccc(S(=O)(=O)N(CC(=O)N(Cc2cccc(Br)c2)C(C)C(=O)NC(C)(C)C)c2ccc(Cl)cc2)cc1. The molecule has 0 fully saturated rings. The summed E-state index contributed by atoms with van der Waals surface area (Å²) in [4.78, 5) is 28.5. The third-order valence-electron chi connectivity index (χ3n) is 5.95. The zero-order chi connectivity index (χ0) is 29.7. The fourth-order valence-electron chi connectivity index (χ4n) is 3.90. The van der Waals surface area contributed by atoms with Crippen molar-refractivity contribution >= 4 is 55.1 Å². The Morgan fingerprint density at radius 1 is 1.02 bits per heavy atom. The molecule has 3 aromatic carbocycles. The minimum absolute atomic E-state index is 0.0203. The van der Waals surface area contributed by atoms with Crippen LogP contribution in [-0.4, -0.2) is 50.4 Å². The molecule has 1 N–H and O–H groups in total. The number of carbonyl (C=O) groups excluding carboxylic acids is 2. The minimum Gasteiger partial charge on any atom is -0.497 e. The van der Waals surface area contributed by atoms with Crippen LogP contribution in [0.1, 0.15) is 33.3 Å². The first-order chi connectivity index (χ1) is 18.7. The number of hydrogen-bond acceptors (Lipinski definition) is 5. The lowest BCUT2D eigenvalue weighted by molar-refractivity contribution is -0.140. The number of rotatable bonds is 10. The molecule has 0 bridgehead atoms. The maximum Gasteiger partial charge on any atom is 0.264 e. The molecule has 3 aromatic rings. The van der Waals surface area contributed by atoms with Gasteiger partial charge in [-0.05, 0) is 93.9 Å². The number of nitrogens with zero attached hydrogens (tertiary/aromatic N) is 2. The number of carbonyl (C=O) groups is 2. The van der Waals surface area contributed by atoms with Crippen molar-refractivity contribution in [2.24, 2.45) is 0 Å².